The Morgan fingerprint density at radius 3 is 2.19 bits per heavy atom. The van der Waals surface area contributed by atoms with Crippen molar-refractivity contribution in [2.24, 2.45) is 5.92 Å². The van der Waals surface area contributed by atoms with Crippen LogP contribution in [-0.2, 0) is 19.7 Å². The maximum atomic E-state index is 12.8. The number of rotatable bonds is 4. The molecule has 2 saturated heterocycles. The van der Waals surface area contributed by atoms with E-state index in [4.69, 9.17) is 4.74 Å². The Kier molecular flexibility index (Phi) is 5.57. The highest BCUT2D eigenvalue weighted by Gasteiger charge is 2.46. The molecule has 2 heterocycles. The summed E-state index contributed by atoms with van der Waals surface area (Å²) in [6, 6.07) is 8.14. The number of morpholine rings is 1. The zero-order chi connectivity index (χ0) is 19.0. The normalized spacial score (nSPS) is 27.5. The fourth-order valence-electron chi connectivity index (χ4n) is 3.86. The zero-order valence-corrected chi connectivity index (χ0v) is 17.5. The fraction of sp³-hybridized carbons (Fsp3) is 0.611. The second-order valence-electron chi connectivity index (χ2n) is 7.24. The third-order valence-corrected chi connectivity index (χ3v) is 8.14. The van der Waals surface area contributed by atoms with E-state index in [1.54, 1.807) is 0 Å². The molecule has 148 valence electrons. The second-order valence-corrected chi connectivity index (χ2v) is 10.1. The number of hydrogen-bond donors (Lipinski definition) is 0. The van der Waals surface area contributed by atoms with Gasteiger partial charge in [-0.2, -0.15) is 17.0 Å². The average molecular weight is 458 g/mol. The van der Waals surface area contributed by atoms with Gasteiger partial charge in [0.15, 0.2) is 0 Å². The topological polar surface area (TPSA) is 70.2 Å². The molecule has 1 amide bonds. The number of benzene rings is 1. The van der Waals surface area contributed by atoms with Gasteiger partial charge in [-0.25, -0.2) is 0 Å². The van der Waals surface area contributed by atoms with Gasteiger partial charge in [0, 0.05) is 49.7 Å². The summed E-state index contributed by atoms with van der Waals surface area (Å²) < 4.78 is 34.7. The predicted molar refractivity (Wildman–Crippen MR) is 104 cm³/mol. The number of nitrogens with zero attached hydrogens (tertiary/aromatic N) is 3. The van der Waals surface area contributed by atoms with E-state index in [0.717, 1.165) is 10.9 Å². The molecule has 4 rings (SSSR count). The Morgan fingerprint density at radius 1 is 0.963 bits per heavy atom. The maximum absolute atomic E-state index is 12.8. The van der Waals surface area contributed by atoms with Gasteiger partial charge < -0.3 is 9.64 Å². The van der Waals surface area contributed by atoms with E-state index in [0.29, 0.717) is 58.4 Å². The van der Waals surface area contributed by atoms with Gasteiger partial charge in [0.05, 0.1) is 13.2 Å². The van der Waals surface area contributed by atoms with Crippen LogP contribution in [0.2, 0.25) is 0 Å². The molecule has 0 spiro atoms. The summed E-state index contributed by atoms with van der Waals surface area (Å²) in [6.45, 7) is 3.34. The zero-order valence-electron chi connectivity index (χ0n) is 15.1. The largest absolute Gasteiger partial charge is 0.379 e. The molecule has 0 aromatic heterocycles. The first-order valence-electron chi connectivity index (χ1n) is 9.34. The third kappa shape index (κ3) is 4.07. The Bertz CT molecular complexity index is 787. The number of ether oxygens (including phenoxy) is 1. The van der Waals surface area contributed by atoms with Crippen LogP contribution in [0, 0.1) is 5.92 Å². The van der Waals surface area contributed by atoms with Crippen LogP contribution in [0.25, 0.3) is 0 Å². The van der Waals surface area contributed by atoms with Crippen molar-refractivity contribution in [1.82, 2.24) is 13.5 Å². The van der Waals surface area contributed by atoms with Crippen molar-refractivity contribution in [3.63, 3.8) is 0 Å². The number of halogens is 1. The van der Waals surface area contributed by atoms with E-state index in [1.807, 2.05) is 17.0 Å². The van der Waals surface area contributed by atoms with Gasteiger partial charge in [-0.05, 0) is 30.0 Å². The van der Waals surface area contributed by atoms with Crippen LogP contribution in [-0.4, -0.2) is 80.3 Å². The highest BCUT2D eigenvalue weighted by Crippen LogP contribution is 2.48. The molecule has 7 nitrogen and oxygen atoms in total. The van der Waals surface area contributed by atoms with Crippen molar-refractivity contribution in [1.29, 1.82) is 0 Å². The Balaban J connectivity index is 1.31. The third-order valence-electron chi connectivity index (χ3n) is 5.58. The lowest BCUT2D eigenvalue weighted by molar-refractivity contribution is -0.133. The van der Waals surface area contributed by atoms with Crippen LogP contribution >= 0.6 is 15.9 Å². The molecule has 1 aliphatic carbocycles. The van der Waals surface area contributed by atoms with Crippen molar-refractivity contribution < 1.29 is 17.9 Å². The first kappa shape index (κ1) is 19.3. The smallest absolute Gasteiger partial charge is 0.282 e. The van der Waals surface area contributed by atoms with Crippen LogP contribution in [0.1, 0.15) is 17.9 Å². The lowest BCUT2D eigenvalue weighted by Gasteiger charge is -2.37. The van der Waals surface area contributed by atoms with Crippen LogP contribution in [0.15, 0.2) is 28.7 Å². The van der Waals surface area contributed by atoms with Crippen molar-refractivity contribution >= 4 is 32.0 Å². The van der Waals surface area contributed by atoms with Crippen molar-refractivity contribution in [3.05, 3.63) is 34.3 Å². The van der Waals surface area contributed by atoms with Crippen LogP contribution in [0.4, 0.5) is 0 Å². The first-order chi connectivity index (χ1) is 13.0. The highest BCUT2D eigenvalue weighted by atomic mass is 79.9. The molecule has 1 aromatic rings. The SMILES string of the molecule is O=C([C@@H]1C[C@H]1c1ccc(Br)cc1)N1CCN(S(=O)(=O)N2CCOCC2)CC1. The Hall–Kier alpha value is -1.00. The van der Waals surface area contributed by atoms with Crippen LogP contribution in [0.5, 0.6) is 0 Å². The summed E-state index contributed by atoms with van der Waals surface area (Å²) in [5.41, 5.74) is 1.20. The molecular weight excluding hydrogens is 434 g/mol. The van der Waals surface area contributed by atoms with Crippen LogP contribution in [0.3, 0.4) is 0 Å². The molecule has 2 aliphatic heterocycles. The summed E-state index contributed by atoms with van der Waals surface area (Å²) in [5.74, 6) is 0.487. The van der Waals surface area contributed by atoms with E-state index in [2.05, 4.69) is 28.1 Å². The second kappa shape index (κ2) is 7.79. The summed E-state index contributed by atoms with van der Waals surface area (Å²) >= 11 is 3.43. The molecule has 3 fully saturated rings. The maximum Gasteiger partial charge on any atom is 0.282 e. The van der Waals surface area contributed by atoms with E-state index in [-0.39, 0.29) is 11.8 Å². The molecule has 0 bridgehead atoms. The molecule has 1 aromatic carbocycles. The quantitative estimate of drug-likeness (QED) is 0.682. The van der Waals surface area contributed by atoms with Gasteiger partial charge in [0.1, 0.15) is 0 Å². The van der Waals surface area contributed by atoms with Gasteiger partial charge in [-0.3, -0.25) is 4.79 Å². The summed E-state index contributed by atoms with van der Waals surface area (Å²) in [7, 11) is -3.45. The number of carbonyl (C=O) groups excluding carboxylic acids is 1. The monoisotopic (exact) mass is 457 g/mol. The first-order valence-corrected chi connectivity index (χ1v) is 11.5. The summed E-state index contributed by atoms with van der Waals surface area (Å²) in [5, 5.41) is 0. The molecule has 2 atom stereocenters. The molecule has 0 N–H and O–H groups in total. The lowest BCUT2D eigenvalue weighted by Crippen LogP contribution is -2.56. The predicted octanol–water partition coefficient (Wildman–Crippen LogP) is 1.27. The van der Waals surface area contributed by atoms with E-state index >= 15 is 0 Å². The summed E-state index contributed by atoms with van der Waals surface area (Å²) in [6.07, 6.45) is 0.882. The van der Waals surface area contributed by atoms with Gasteiger partial charge in [-0.15, -0.1) is 0 Å². The number of piperazine rings is 1. The highest BCUT2D eigenvalue weighted by molar-refractivity contribution is 9.10. The van der Waals surface area contributed by atoms with Gasteiger partial charge in [0.2, 0.25) is 5.91 Å². The molecular formula is C18H24BrN3O4S. The minimum Gasteiger partial charge on any atom is -0.379 e. The van der Waals surface area contributed by atoms with Crippen molar-refractivity contribution in [3.8, 4) is 0 Å². The molecule has 1 saturated carbocycles. The molecule has 3 aliphatic rings. The van der Waals surface area contributed by atoms with Crippen LogP contribution < -0.4 is 0 Å². The standard InChI is InChI=1S/C18H24BrN3O4S/c19-15-3-1-14(2-4-15)16-13-17(16)18(23)20-5-7-21(8-6-20)27(24,25)22-9-11-26-12-10-22/h1-4,16-17H,5-13H2/t16-,17+/m0/s1. The van der Waals surface area contributed by atoms with Gasteiger partial charge in [-0.1, -0.05) is 28.1 Å². The molecule has 0 unspecified atom stereocenters. The van der Waals surface area contributed by atoms with E-state index in [9.17, 15) is 13.2 Å². The van der Waals surface area contributed by atoms with E-state index in [1.165, 1.54) is 14.2 Å². The Labute approximate surface area is 168 Å². The van der Waals surface area contributed by atoms with Gasteiger partial charge >= 0.3 is 0 Å². The summed E-state index contributed by atoms with van der Waals surface area (Å²) in [4.78, 5) is 14.6. The number of amides is 1. The minimum absolute atomic E-state index is 0.0357. The van der Waals surface area contributed by atoms with Crippen molar-refractivity contribution in [2.75, 3.05) is 52.5 Å². The molecule has 27 heavy (non-hydrogen) atoms. The number of carbonyl (C=O) groups is 1. The fourth-order valence-corrected chi connectivity index (χ4v) is 5.69. The molecule has 9 heteroatoms. The van der Waals surface area contributed by atoms with E-state index < -0.39 is 10.2 Å². The molecule has 0 radical (unpaired) electrons. The number of hydrogen-bond acceptors (Lipinski definition) is 4. The minimum atomic E-state index is -3.45. The average Bonchev–Trinajstić information content (AvgIpc) is 3.49. The van der Waals surface area contributed by atoms with Crippen molar-refractivity contribution in [2.45, 2.75) is 12.3 Å². The lowest BCUT2D eigenvalue weighted by atomic mass is 10.1. The Morgan fingerprint density at radius 2 is 1.56 bits per heavy atom. The van der Waals surface area contributed by atoms with Gasteiger partial charge in [0.25, 0.3) is 10.2 Å².